The van der Waals surface area contributed by atoms with Crippen LogP contribution in [0.2, 0.25) is 0 Å². The van der Waals surface area contributed by atoms with Gasteiger partial charge in [-0.15, -0.1) is 0 Å². The van der Waals surface area contributed by atoms with Crippen molar-refractivity contribution in [3.8, 4) is 0 Å². The molecule has 5 saturated heterocycles. The van der Waals surface area contributed by atoms with Gasteiger partial charge in [-0.2, -0.15) is 8.42 Å². The average Bonchev–Trinajstić information content (AvgIpc) is 3.23. The molecule has 368 valence electrons. The summed E-state index contributed by atoms with van der Waals surface area (Å²) in [6.45, 7) is -3.82. The Morgan fingerprint density at radius 2 is 0.937 bits per heavy atom. The van der Waals surface area contributed by atoms with Gasteiger partial charge in [0, 0.05) is 6.92 Å². The third-order valence-electron chi connectivity index (χ3n) is 10.9. The number of aliphatic hydroxyl groups is 15. The van der Waals surface area contributed by atoms with Crippen LogP contribution in [0.25, 0.3) is 0 Å². The van der Waals surface area contributed by atoms with E-state index in [2.05, 4.69) is 9.50 Å². The summed E-state index contributed by atoms with van der Waals surface area (Å²) in [6.07, 6.45) is -46.8. The molecule has 0 radical (unpaired) electrons. The van der Waals surface area contributed by atoms with Gasteiger partial charge in [-0.1, -0.05) is 0 Å². The largest absolute Gasteiger partial charge is 0.397 e. The standard InChI is InChI=1S/C32H55NO29S/c1-7(38)33-13-17(42)24(59-32-23(48)27(62-63(50,51)52)15(40)9(3-35)56-32)11(5-37)57-29(13)53-6-12-16(41)26(61-30-21(46)18(43)14(39)8(2-34)55-30)22(47)31(58-12)60-25-10(4-36)54-28(49)20(45)19(25)44/h8-32,34-37,39-49H,2-6H2,1H3,(H,33,38)(H,50,51,52)/t8-,9-,10-,11-,12-,13-,14+,15+,16+,17-,18+,19-,20-,21-,22-,23-,24-,25-,26+,27+,28?,29-,30+,31+,32+/m1/s1. The molecule has 30 nitrogen and oxygen atoms in total. The fraction of sp³-hybridized carbons (Fsp3) is 0.969. The van der Waals surface area contributed by atoms with E-state index in [1.165, 1.54) is 0 Å². The smallest absolute Gasteiger partial charge is 0.394 e. The summed E-state index contributed by atoms with van der Waals surface area (Å²) in [6, 6.07) is -1.72. The van der Waals surface area contributed by atoms with Crippen LogP contribution < -0.4 is 5.32 Å². The fourth-order valence-corrected chi connectivity index (χ4v) is 8.08. The second kappa shape index (κ2) is 22.0. The molecule has 0 saturated carbocycles. The molecule has 5 fully saturated rings. The predicted octanol–water partition coefficient (Wildman–Crippen LogP) is -12.0. The van der Waals surface area contributed by atoms with E-state index in [0.717, 1.165) is 6.92 Å². The highest BCUT2D eigenvalue weighted by Crippen LogP contribution is 2.35. The Bertz CT molecular complexity index is 1570. The second-order valence-corrected chi connectivity index (χ2v) is 16.3. The SMILES string of the molecule is CC(=O)N[C@H]1[C@H](OC[C@H]2O[C@@H](O[C@H]3[C@H](O)[C@@H](O)C(O)O[C@@H]3CO)[C@H](O)[C@@H](O[C@@H]3O[C@H](CO)[C@H](O)[C@H](O)[C@H]3O)[C@H]2O)O[C@H](CO)[C@@H](O[C@@H]2O[C@H](CO)[C@H](O)[C@H](OS(=O)(=O)O)[C@H]2O)[C@@H]1O. The van der Waals surface area contributed by atoms with Gasteiger partial charge in [-0.25, -0.2) is 4.18 Å². The molecule has 1 unspecified atom stereocenters. The molecule has 17 N–H and O–H groups in total. The molecule has 0 aromatic rings. The zero-order chi connectivity index (χ0) is 46.8. The third kappa shape index (κ3) is 11.7. The zero-order valence-electron chi connectivity index (χ0n) is 32.8. The molecular weight excluding hydrogens is 894 g/mol. The lowest BCUT2D eigenvalue weighted by Gasteiger charge is -2.49. The van der Waals surface area contributed by atoms with Crippen molar-refractivity contribution in [1.29, 1.82) is 0 Å². The Labute approximate surface area is 356 Å². The van der Waals surface area contributed by atoms with Gasteiger partial charge in [0.1, 0.15) is 122 Å². The maximum Gasteiger partial charge on any atom is 0.397 e. The molecule has 63 heavy (non-hydrogen) atoms. The Kier molecular flexibility index (Phi) is 18.3. The maximum atomic E-state index is 12.4. The molecule has 0 aliphatic carbocycles. The maximum absolute atomic E-state index is 12.4. The Hall–Kier alpha value is -1.62. The van der Waals surface area contributed by atoms with Gasteiger partial charge < -0.3 is 125 Å². The van der Waals surface area contributed by atoms with Crippen molar-refractivity contribution in [3.63, 3.8) is 0 Å². The number of hydrogen-bond acceptors (Lipinski definition) is 28. The second-order valence-electron chi connectivity index (χ2n) is 15.2. The van der Waals surface area contributed by atoms with E-state index >= 15 is 0 Å². The minimum Gasteiger partial charge on any atom is -0.394 e. The van der Waals surface area contributed by atoms with Crippen LogP contribution in [0.5, 0.6) is 0 Å². The van der Waals surface area contributed by atoms with Crippen molar-refractivity contribution in [3.05, 3.63) is 0 Å². The molecule has 5 rings (SSSR count). The molecule has 0 spiro atoms. The van der Waals surface area contributed by atoms with Crippen LogP contribution in [0.4, 0.5) is 0 Å². The molecule has 5 aliphatic heterocycles. The Morgan fingerprint density at radius 1 is 0.492 bits per heavy atom. The van der Waals surface area contributed by atoms with Crippen LogP contribution in [-0.4, -0.2) is 282 Å². The van der Waals surface area contributed by atoms with Crippen LogP contribution in [0.3, 0.4) is 0 Å². The topological polar surface area (TPSA) is 479 Å². The summed E-state index contributed by atoms with van der Waals surface area (Å²) >= 11 is 0. The molecule has 25 atom stereocenters. The molecule has 31 heteroatoms. The van der Waals surface area contributed by atoms with E-state index in [-0.39, 0.29) is 0 Å². The average molecular weight is 950 g/mol. The van der Waals surface area contributed by atoms with E-state index in [1.807, 2.05) is 0 Å². The molecule has 5 heterocycles. The summed E-state index contributed by atoms with van der Waals surface area (Å²) in [5.41, 5.74) is 0. The zero-order valence-corrected chi connectivity index (χ0v) is 33.7. The Balaban J connectivity index is 1.39. The van der Waals surface area contributed by atoms with Crippen LogP contribution >= 0.6 is 0 Å². The lowest BCUT2D eigenvalue weighted by atomic mass is 9.95. The van der Waals surface area contributed by atoms with Gasteiger partial charge in [0.2, 0.25) is 5.91 Å². The minimum absolute atomic E-state index is 0.839. The van der Waals surface area contributed by atoms with E-state index in [9.17, 15) is 94.4 Å². The first-order valence-electron chi connectivity index (χ1n) is 19.3. The van der Waals surface area contributed by atoms with Crippen LogP contribution in [-0.2, 0) is 62.0 Å². The highest BCUT2D eigenvalue weighted by molar-refractivity contribution is 7.80. The number of aliphatic hydroxyl groups excluding tert-OH is 15. The van der Waals surface area contributed by atoms with Crippen molar-refractivity contribution in [2.24, 2.45) is 0 Å². The lowest BCUT2D eigenvalue weighted by molar-refractivity contribution is -0.383. The number of hydrogen-bond donors (Lipinski definition) is 17. The Morgan fingerprint density at radius 3 is 1.48 bits per heavy atom. The van der Waals surface area contributed by atoms with Gasteiger partial charge in [0.05, 0.1) is 33.0 Å². The van der Waals surface area contributed by atoms with Crippen molar-refractivity contribution in [2.75, 3.05) is 33.0 Å². The summed E-state index contributed by atoms with van der Waals surface area (Å²) < 4.78 is 86.5. The summed E-state index contributed by atoms with van der Waals surface area (Å²) in [5, 5.41) is 160. The first-order chi connectivity index (χ1) is 29.6. The van der Waals surface area contributed by atoms with Crippen molar-refractivity contribution in [1.82, 2.24) is 5.32 Å². The molecule has 0 aromatic heterocycles. The first-order valence-corrected chi connectivity index (χ1v) is 20.6. The van der Waals surface area contributed by atoms with Crippen LogP contribution in [0.1, 0.15) is 6.92 Å². The number of ether oxygens (including phenoxy) is 9. The van der Waals surface area contributed by atoms with Crippen molar-refractivity contribution in [2.45, 2.75) is 160 Å². The minimum atomic E-state index is -5.34. The van der Waals surface area contributed by atoms with Gasteiger partial charge in [0.25, 0.3) is 0 Å². The van der Waals surface area contributed by atoms with Gasteiger partial charge >= 0.3 is 10.4 Å². The summed E-state index contributed by atoms with van der Waals surface area (Å²) in [5.74, 6) is -0.839. The molecule has 5 aliphatic rings. The first kappa shape index (κ1) is 52.4. The molecular formula is C32H55NO29S. The normalized spacial score (nSPS) is 48.7. The van der Waals surface area contributed by atoms with E-state index in [1.54, 1.807) is 0 Å². The van der Waals surface area contributed by atoms with E-state index < -0.39 is 203 Å². The van der Waals surface area contributed by atoms with E-state index in [4.69, 9.17) is 42.6 Å². The number of carbonyl (C=O) groups is 1. The van der Waals surface area contributed by atoms with Crippen molar-refractivity contribution < 1.29 is 141 Å². The van der Waals surface area contributed by atoms with Crippen LogP contribution in [0, 0.1) is 0 Å². The molecule has 0 bridgehead atoms. The van der Waals surface area contributed by atoms with Crippen molar-refractivity contribution >= 4 is 16.3 Å². The quantitative estimate of drug-likeness (QED) is 0.0639. The number of rotatable bonds is 16. The number of amides is 1. The highest BCUT2D eigenvalue weighted by Gasteiger charge is 2.56. The highest BCUT2D eigenvalue weighted by atomic mass is 32.3. The van der Waals surface area contributed by atoms with Gasteiger partial charge in [-0.3, -0.25) is 9.35 Å². The summed E-state index contributed by atoms with van der Waals surface area (Å²) in [4.78, 5) is 12.4. The third-order valence-corrected chi connectivity index (χ3v) is 11.4. The molecule has 1 amide bonds. The van der Waals surface area contributed by atoms with Gasteiger partial charge in [-0.05, 0) is 0 Å². The molecule has 0 aromatic carbocycles. The number of nitrogens with one attached hydrogen (secondary N) is 1. The summed E-state index contributed by atoms with van der Waals surface area (Å²) in [7, 11) is -5.34. The lowest BCUT2D eigenvalue weighted by Crippen LogP contribution is -2.68. The predicted molar refractivity (Wildman–Crippen MR) is 189 cm³/mol. The van der Waals surface area contributed by atoms with Crippen LogP contribution in [0.15, 0.2) is 0 Å². The fourth-order valence-electron chi connectivity index (χ4n) is 7.57. The monoisotopic (exact) mass is 949 g/mol. The number of carbonyl (C=O) groups excluding carboxylic acids is 1. The van der Waals surface area contributed by atoms with Gasteiger partial charge in [0.15, 0.2) is 31.5 Å². The van der Waals surface area contributed by atoms with E-state index in [0.29, 0.717) is 0 Å².